The number of rotatable bonds is 4. The van der Waals surface area contributed by atoms with Crippen molar-refractivity contribution in [2.45, 2.75) is 18.4 Å². The second kappa shape index (κ2) is 7.28. The van der Waals surface area contributed by atoms with E-state index in [0.717, 1.165) is 10.5 Å². The lowest BCUT2D eigenvalue weighted by Gasteiger charge is -2.23. The Morgan fingerprint density at radius 2 is 2.08 bits per heavy atom. The predicted molar refractivity (Wildman–Crippen MR) is 97.7 cm³/mol. The van der Waals surface area contributed by atoms with Gasteiger partial charge < -0.3 is 10.2 Å². The molecule has 2 aromatic carbocycles. The summed E-state index contributed by atoms with van der Waals surface area (Å²) in [6, 6.07) is 13.0. The Balaban J connectivity index is 1.83. The van der Waals surface area contributed by atoms with Crippen LogP contribution in [0.3, 0.4) is 0 Å². The fourth-order valence-corrected chi connectivity index (χ4v) is 3.54. The summed E-state index contributed by atoms with van der Waals surface area (Å²) < 4.78 is 0. The third-order valence-corrected chi connectivity index (χ3v) is 5.29. The van der Waals surface area contributed by atoms with Crippen molar-refractivity contribution >= 4 is 40.9 Å². The normalized spacial score (nSPS) is 13.2. The van der Waals surface area contributed by atoms with Crippen LogP contribution in [0.15, 0.2) is 47.4 Å². The number of hydrogen-bond acceptors (Lipinski definition) is 3. The smallest absolute Gasteiger partial charge is 0.254 e. The lowest BCUT2D eigenvalue weighted by atomic mass is 10.1. The molecule has 0 aromatic heterocycles. The van der Waals surface area contributed by atoms with Gasteiger partial charge in [0.1, 0.15) is 0 Å². The van der Waals surface area contributed by atoms with Gasteiger partial charge in [-0.1, -0.05) is 29.8 Å². The van der Waals surface area contributed by atoms with E-state index < -0.39 is 0 Å². The Morgan fingerprint density at radius 3 is 2.83 bits per heavy atom. The van der Waals surface area contributed by atoms with Gasteiger partial charge in [0, 0.05) is 28.6 Å². The summed E-state index contributed by atoms with van der Waals surface area (Å²) in [5.41, 5.74) is 2.18. The van der Waals surface area contributed by atoms with Crippen LogP contribution >= 0.6 is 23.4 Å². The van der Waals surface area contributed by atoms with Crippen LogP contribution in [-0.4, -0.2) is 29.0 Å². The highest BCUT2D eigenvalue weighted by atomic mass is 35.5. The quantitative estimate of drug-likeness (QED) is 0.894. The van der Waals surface area contributed by atoms with E-state index in [9.17, 15) is 9.59 Å². The van der Waals surface area contributed by atoms with Gasteiger partial charge in [-0.2, -0.15) is 0 Å². The van der Waals surface area contributed by atoms with Crippen LogP contribution in [0.4, 0.5) is 5.69 Å². The molecule has 3 rings (SSSR count). The number of fused-ring (bicyclic) bond motifs is 1. The first kappa shape index (κ1) is 16.9. The Bertz CT molecular complexity index is 794. The van der Waals surface area contributed by atoms with Gasteiger partial charge in [0.15, 0.2) is 0 Å². The van der Waals surface area contributed by atoms with Crippen molar-refractivity contribution in [3.63, 3.8) is 0 Å². The maximum Gasteiger partial charge on any atom is 0.254 e. The molecule has 1 N–H and O–H groups in total. The van der Waals surface area contributed by atoms with Gasteiger partial charge in [-0.05, 0) is 36.8 Å². The first-order valence-corrected chi connectivity index (χ1v) is 9.04. The number of nitrogens with one attached hydrogen (secondary N) is 1. The first-order chi connectivity index (χ1) is 11.6. The Kier molecular flexibility index (Phi) is 5.11. The predicted octanol–water partition coefficient (Wildman–Crippen LogP) is 4.05. The standard InChI is InChI=1S/C18H17ClN2O2S/c1-2-21(10-13-5-3-4-6-14(13)19)18(23)12-7-8-16-15(9-12)20-17(22)11-24-16/h3-9H,2,10-11H2,1H3,(H,20,22). The molecule has 2 amide bonds. The van der Waals surface area contributed by atoms with E-state index >= 15 is 0 Å². The summed E-state index contributed by atoms with van der Waals surface area (Å²) in [6.07, 6.45) is 0. The molecule has 0 aliphatic carbocycles. The van der Waals surface area contributed by atoms with Gasteiger partial charge in [0.2, 0.25) is 5.91 Å². The maximum absolute atomic E-state index is 12.8. The van der Waals surface area contributed by atoms with Crippen molar-refractivity contribution in [2.24, 2.45) is 0 Å². The van der Waals surface area contributed by atoms with Crippen molar-refractivity contribution < 1.29 is 9.59 Å². The monoisotopic (exact) mass is 360 g/mol. The van der Waals surface area contributed by atoms with Crippen molar-refractivity contribution in [1.82, 2.24) is 4.90 Å². The number of anilines is 1. The number of carbonyl (C=O) groups is 2. The van der Waals surface area contributed by atoms with Gasteiger partial charge >= 0.3 is 0 Å². The van der Waals surface area contributed by atoms with Crippen LogP contribution in [0.5, 0.6) is 0 Å². The largest absolute Gasteiger partial charge is 0.335 e. The van der Waals surface area contributed by atoms with E-state index in [1.165, 1.54) is 11.8 Å². The van der Waals surface area contributed by atoms with Crippen LogP contribution in [0.25, 0.3) is 0 Å². The van der Waals surface area contributed by atoms with Crippen molar-refractivity contribution in [2.75, 3.05) is 17.6 Å². The molecule has 0 unspecified atom stereocenters. The van der Waals surface area contributed by atoms with E-state index in [0.29, 0.717) is 35.1 Å². The summed E-state index contributed by atoms with van der Waals surface area (Å²) in [5, 5.41) is 3.47. The average Bonchev–Trinajstić information content (AvgIpc) is 2.60. The number of halogens is 1. The fraction of sp³-hybridized carbons (Fsp3) is 0.222. The van der Waals surface area contributed by atoms with Crippen molar-refractivity contribution in [3.05, 3.63) is 58.6 Å². The van der Waals surface area contributed by atoms with Gasteiger partial charge in [-0.3, -0.25) is 9.59 Å². The number of amides is 2. The van der Waals surface area contributed by atoms with Crippen LogP contribution in [-0.2, 0) is 11.3 Å². The number of nitrogens with zero attached hydrogens (tertiary/aromatic N) is 1. The van der Waals surface area contributed by atoms with Gasteiger partial charge in [0.05, 0.1) is 11.4 Å². The third kappa shape index (κ3) is 3.57. The van der Waals surface area contributed by atoms with Gasteiger partial charge in [-0.15, -0.1) is 11.8 Å². The molecule has 0 fully saturated rings. The highest BCUT2D eigenvalue weighted by molar-refractivity contribution is 8.00. The number of carbonyl (C=O) groups excluding carboxylic acids is 2. The molecular weight excluding hydrogens is 344 g/mol. The summed E-state index contributed by atoms with van der Waals surface area (Å²) in [5.74, 6) is 0.291. The molecule has 1 heterocycles. The molecule has 0 saturated carbocycles. The molecule has 1 aliphatic rings. The minimum atomic E-state index is -0.0787. The number of benzene rings is 2. The average molecular weight is 361 g/mol. The van der Waals surface area contributed by atoms with Gasteiger partial charge in [0.25, 0.3) is 5.91 Å². The zero-order valence-corrected chi connectivity index (χ0v) is 14.8. The molecule has 2 aromatic rings. The van der Waals surface area contributed by atoms with E-state index in [-0.39, 0.29) is 11.8 Å². The molecule has 0 radical (unpaired) electrons. The number of thioether (sulfide) groups is 1. The molecule has 24 heavy (non-hydrogen) atoms. The first-order valence-electron chi connectivity index (χ1n) is 7.68. The second-order valence-corrected chi connectivity index (χ2v) is 6.88. The minimum absolute atomic E-state index is 0.0412. The SMILES string of the molecule is CCN(Cc1ccccc1Cl)C(=O)c1ccc2c(c1)NC(=O)CS2. The molecule has 6 heteroatoms. The molecule has 1 aliphatic heterocycles. The molecule has 0 saturated heterocycles. The Labute approximate surface area is 150 Å². The molecular formula is C18H17ClN2O2S. The van der Waals surface area contributed by atoms with E-state index in [2.05, 4.69) is 5.32 Å². The summed E-state index contributed by atoms with van der Waals surface area (Å²) >= 11 is 7.68. The highest BCUT2D eigenvalue weighted by Gasteiger charge is 2.20. The van der Waals surface area contributed by atoms with Crippen LogP contribution < -0.4 is 5.32 Å². The Hall–Kier alpha value is -1.98. The van der Waals surface area contributed by atoms with Crippen LogP contribution in [0.1, 0.15) is 22.8 Å². The van der Waals surface area contributed by atoms with Crippen molar-refractivity contribution in [1.29, 1.82) is 0 Å². The lowest BCUT2D eigenvalue weighted by molar-refractivity contribution is -0.113. The lowest BCUT2D eigenvalue weighted by Crippen LogP contribution is -2.30. The third-order valence-electron chi connectivity index (χ3n) is 3.85. The minimum Gasteiger partial charge on any atom is -0.335 e. The summed E-state index contributed by atoms with van der Waals surface area (Å²) in [6.45, 7) is 2.96. The zero-order chi connectivity index (χ0) is 17.1. The molecule has 0 spiro atoms. The zero-order valence-electron chi connectivity index (χ0n) is 13.2. The van der Waals surface area contributed by atoms with E-state index in [1.807, 2.05) is 37.3 Å². The van der Waals surface area contributed by atoms with Crippen LogP contribution in [0.2, 0.25) is 5.02 Å². The Morgan fingerprint density at radius 1 is 1.29 bits per heavy atom. The van der Waals surface area contributed by atoms with Crippen LogP contribution in [0, 0.1) is 0 Å². The van der Waals surface area contributed by atoms with E-state index in [1.54, 1.807) is 17.0 Å². The maximum atomic E-state index is 12.8. The molecule has 0 atom stereocenters. The van der Waals surface area contributed by atoms with E-state index in [4.69, 9.17) is 11.6 Å². The molecule has 124 valence electrons. The summed E-state index contributed by atoms with van der Waals surface area (Å²) in [4.78, 5) is 27.1. The highest BCUT2D eigenvalue weighted by Crippen LogP contribution is 2.32. The fourth-order valence-electron chi connectivity index (χ4n) is 2.56. The summed E-state index contributed by atoms with van der Waals surface area (Å²) in [7, 11) is 0. The second-order valence-electron chi connectivity index (χ2n) is 5.46. The molecule has 4 nitrogen and oxygen atoms in total. The molecule has 0 bridgehead atoms. The topological polar surface area (TPSA) is 49.4 Å². The van der Waals surface area contributed by atoms with Gasteiger partial charge in [-0.25, -0.2) is 0 Å². The van der Waals surface area contributed by atoms with Crippen molar-refractivity contribution in [3.8, 4) is 0 Å². The number of hydrogen-bond donors (Lipinski definition) is 1.